The highest BCUT2D eigenvalue weighted by atomic mass is 32.2. The van der Waals surface area contributed by atoms with Crippen LogP contribution in [0.15, 0.2) is 24.3 Å². The fourth-order valence-electron chi connectivity index (χ4n) is 1.27. The van der Waals surface area contributed by atoms with Crippen LogP contribution in [0, 0.1) is 10.1 Å². The van der Waals surface area contributed by atoms with Crippen molar-refractivity contribution in [2.24, 2.45) is 0 Å². The van der Waals surface area contributed by atoms with Gasteiger partial charge in [-0.2, -0.15) is 15.3 Å². The number of ether oxygens (including phenoxy) is 1. The summed E-state index contributed by atoms with van der Waals surface area (Å²) in [6.45, 7) is 0.112. The predicted molar refractivity (Wildman–Crippen MR) is 77.3 cm³/mol. The molecule has 1 aromatic carbocycles. The molecule has 0 aliphatic heterocycles. The van der Waals surface area contributed by atoms with Crippen LogP contribution >= 0.6 is 10.5 Å². The standard InChI is InChI=1S/C12H13N3O4S/c1-20(2)8-7-19-12(16)11(14-13)9-3-5-10(6-4-9)15(17)18/h3-6,8H,7H2,1-2H3. The molecule has 1 rings (SSSR count). The first kappa shape index (κ1) is 15.7. The first-order chi connectivity index (χ1) is 9.45. The molecule has 0 aromatic heterocycles. The van der Waals surface area contributed by atoms with Crippen LogP contribution in [-0.4, -0.2) is 45.9 Å². The molecule has 0 N–H and O–H groups in total. The topological polar surface area (TPSA) is 106 Å². The van der Waals surface area contributed by atoms with Crippen molar-refractivity contribution >= 4 is 33.2 Å². The van der Waals surface area contributed by atoms with Gasteiger partial charge >= 0.3 is 11.7 Å². The zero-order chi connectivity index (χ0) is 15.1. The highest BCUT2D eigenvalue weighted by molar-refractivity contribution is 8.13. The first-order valence-corrected chi connectivity index (χ1v) is 7.60. The normalized spacial score (nSPS) is 9.75. The number of carbonyl (C=O) groups excluding carboxylic acids is 1. The number of hydrogen-bond acceptors (Lipinski definition) is 4. The van der Waals surface area contributed by atoms with Crippen LogP contribution < -0.4 is 0 Å². The predicted octanol–water partition coefficient (Wildman–Crippen LogP) is 1.49. The fraction of sp³-hybridized carbons (Fsp3) is 0.250. The van der Waals surface area contributed by atoms with E-state index in [0.717, 1.165) is 0 Å². The molecule has 0 heterocycles. The summed E-state index contributed by atoms with van der Waals surface area (Å²) in [4.78, 5) is 24.6. The molecule has 0 spiro atoms. The monoisotopic (exact) mass is 295 g/mol. The first-order valence-electron chi connectivity index (χ1n) is 5.49. The maximum Gasteiger partial charge on any atom is 0.422 e. The average molecular weight is 295 g/mol. The molecule has 8 heteroatoms. The van der Waals surface area contributed by atoms with Crippen LogP contribution in [0.4, 0.5) is 5.69 Å². The Bertz CT molecular complexity index is 600. The Morgan fingerprint density at radius 2 is 2.05 bits per heavy atom. The van der Waals surface area contributed by atoms with E-state index < -0.39 is 10.9 Å². The van der Waals surface area contributed by atoms with Crippen LogP contribution in [0.5, 0.6) is 0 Å². The van der Waals surface area contributed by atoms with E-state index in [9.17, 15) is 14.9 Å². The van der Waals surface area contributed by atoms with Crippen molar-refractivity contribution < 1.29 is 19.2 Å². The molecule has 0 saturated heterocycles. The molecule has 0 unspecified atom stereocenters. The van der Waals surface area contributed by atoms with Gasteiger partial charge in [0.05, 0.1) is 10.5 Å². The van der Waals surface area contributed by atoms with Gasteiger partial charge in [0.1, 0.15) is 6.61 Å². The maximum atomic E-state index is 11.7. The average Bonchev–Trinajstić information content (AvgIpc) is 2.39. The van der Waals surface area contributed by atoms with E-state index in [1.807, 2.05) is 17.9 Å². The molecule has 7 nitrogen and oxygen atoms in total. The lowest BCUT2D eigenvalue weighted by atomic mass is 10.1. The molecule has 0 saturated carbocycles. The summed E-state index contributed by atoms with van der Waals surface area (Å²) in [5.74, 6) is -0.789. The number of esters is 1. The zero-order valence-corrected chi connectivity index (χ0v) is 11.8. The summed E-state index contributed by atoms with van der Waals surface area (Å²) in [5, 5.41) is 12.3. The van der Waals surface area contributed by atoms with Crippen LogP contribution in [-0.2, 0) is 9.53 Å². The number of nitro groups is 1. The van der Waals surface area contributed by atoms with Gasteiger partial charge in [-0.15, -0.1) is 0 Å². The van der Waals surface area contributed by atoms with E-state index in [1.54, 1.807) is 0 Å². The van der Waals surface area contributed by atoms with E-state index in [4.69, 9.17) is 10.3 Å². The van der Waals surface area contributed by atoms with Gasteiger partial charge in [0.15, 0.2) is 0 Å². The largest absolute Gasteiger partial charge is 0.452 e. The van der Waals surface area contributed by atoms with Gasteiger partial charge in [0, 0.05) is 12.1 Å². The minimum atomic E-state index is -0.789. The van der Waals surface area contributed by atoms with Gasteiger partial charge in [0.2, 0.25) is 0 Å². The quantitative estimate of drug-likeness (QED) is 0.156. The zero-order valence-electron chi connectivity index (χ0n) is 11.0. The van der Waals surface area contributed by atoms with E-state index >= 15 is 0 Å². The second-order valence-corrected chi connectivity index (χ2v) is 5.99. The highest BCUT2D eigenvalue weighted by Crippen LogP contribution is 2.12. The summed E-state index contributed by atoms with van der Waals surface area (Å²) in [7, 11) is 0.0204. The van der Waals surface area contributed by atoms with Crippen molar-refractivity contribution in [3.8, 4) is 0 Å². The summed E-state index contributed by atoms with van der Waals surface area (Å²) >= 11 is 0. The third-order valence-corrected chi connectivity index (χ3v) is 3.06. The second-order valence-electron chi connectivity index (χ2n) is 3.90. The lowest BCUT2D eigenvalue weighted by Gasteiger charge is -1.99. The number of nitrogens with zero attached hydrogens (tertiary/aromatic N) is 3. The third-order valence-electron chi connectivity index (χ3n) is 2.26. The van der Waals surface area contributed by atoms with Crippen LogP contribution in [0.3, 0.4) is 0 Å². The number of hydrogen-bond donors (Lipinski definition) is 0. The number of carbonyl (C=O) groups is 1. The van der Waals surface area contributed by atoms with Crippen LogP contribution in [0.2, 0.25) is 0 Å². The summed E-state index contributed by atoms with van der Waals surface area (Å²) in [6, 6.07) is 5.08. The molecule has 0 amide bonds. The molecule has 0 bridgehead atoms. The molecular weight excluding hydrogens is 282 g/mol. The Balaban J connectivity index is 2.86. The van der Waals surface area contributed by atoms with Crippen molar-refractivity contribution in [3.63, 3.8) is 0 Å². The van der Waals surface area contributed by atoms with Gasteiger partial charge in [-0.1, -0.05) is 0 Å². The Hall–Kier alpha value is -2.31. The van der Waals surface area contributed by atoms with Gasteiger partial charge < -0.3 is 10.3 Å². The fourth-order valence-corrected chi connectivity index (χ4v) is 1.61. The summed E-state index contributed by atoms with van der Waals surface area (Å²) in [6.07, 6.45) is 3.93. The minimum Gasteiger partial charge on any atom is -0.452 e. The lowest BCUT2D eigenvalue weighted by molar-refractivity contribution is -0.384. The van der Waals surface area contributed by atoms with E-state index in [1.165, 1.54) is 24.3 Å². The molecule has 0 atom stereocenters. The maximum absolute atomic E-state index is 11.7. The van der Waals surface area contributed by atoms with Crippen molar-refractivity contribution in [1.29, 1.82) is 0 Å². The number of nitro benzene ring substituents is 1. The molecule has 20 heavy (non-hydrogen) atoms. The van der Waals surface area contributed by atoms with Gasteiger partial charge in [-0.25, -0.2) is 4.79 Å². The van der Waals surface area contributed by atoms with Crippen LogP contribution in [0.1, 0.15) is 5.56 Å². The highest BCUT2D eigenvalue weighted by Gasteiger charge is 2.24. The van der Waals surface area contributed by atoms with Gasteiger partial charge in [-0.3, -0.25) is 10.1 Å². The Labute approximate surface area is 117 Å². The molecular formula is C12H13N3O4S. The number of non-ortho nitro benzene ring substituents is 1. The molecule has 1 aromatic rings. The van der Waals surface area contributed by atoms with E-state index in [-0.39, 0.29) is 34.1 Å². The SMILES string of the molecule is CS(C)=CCOC(=O)C(=[N+]=[N-])c1ccc([N+](=O)[O-])cc1. The molecule has 0 radical (unpaired) electrons. The van der Waals surface area contributed by atoms with Gasteiger partial charge in [0.25, 0.3) is 5.69 Å². The summed E-state index contributed by atoms with van der Waals surface area (Å²) < 4.78 is 4.93. The third kappa shape index (κ3) is 4.42. The second kappa shape index (κ2) is 7.32. The number of benzene rings is 1. The van der Waals surface area contributed by atoms with Crippen molar-refractivity contribution in [1.82, 2.24) is 0 Å². The number of rotatable bonds is 5. The molecule has 0 fully saturated rings. The summed E-state index contributed by atoms with van der Waals surface area (Å²) in [5.41, 5.74) is 8.72. The molecule has 0 aliphatic rings. The van der Waals surface area contributed by atoms with Gasteiger partial charge in [-0.05, 0) is 30.0 Å². The Morgan fingerprint density at radius 3 is 2.50 bits per heavy atom. The Morgan fingerprint density at radius 1 is 1.45 bits per heavy atom. The van der Waals surface area contributed by atoms with Crippen molar-refractivity contribution in [3.05, 3.63) is 45.5 Å². The lowest BCUT2D eigenvalue weighted by Crippen LogP contribution is -2.20. The molecule has 106 valence electrons. The van der Waals surface area contributed by atoms with E-state index in [2.05, 4.69) is 4.79 Å². The van der Waals surface area contributed by atoms with Crippen molar-refractivity contribution in [2.45, 2.75) is 0 Å². The van der Waals surface area contributed by atoms with E-state index in [0.29, 0.717) is 0 Å². The van der Waals surface area contributed by atoms with Crippen molar-refractivity contribution in [2.75, 3.05) is 19.1 Å². The Kier molecular flexibility index (Phi) is 5.76. The molecule has 0 aliphatic carbocycles. The van der Waals surface area contributed by atoms with Crippen LogP contribution in [0.25, 0.3) is 5.53 Å². The smallest absolute Gasteiger partial charge is 0.422 e. The minimum absolute atomic E-state index is 0.0204.